The average Bonchev–Trinajstić information content (AvgIpc) is 3.03. The van der Waals surface area contributed by atoms with E-state index in [-0.39, 0.29) is 15.9 Å². The van der Waals surface area contributed by atoms with Crippen molar-refractivity contribution >= 4 is 38.5 Å². The van der Waals surface area contributed by atoms with Gasteiger partial charge in [-0.15, -0.1) is 0 Å². The lowest BCUT2D eigenvalue weighted by molar-refractivity contribution is -0.112. The van der Waals surface area contributed by atoms with Crippen LogP contribution in [0.1, 0.15) is 25.0 Å². The van der Waals surface area contributed by atoms with Crippen molar-refractivity contribution in [3.05, 3.63) is 41.0 Å². The molecule has 0 spiro atoms. The van der Waals surface area contributed by atoms with Gasteiger partial charge in [-0.3, -0.25) is 10.1 Å². The van der Waals surface area contributed by atoms with Crippen molar-refractivity contribution in [3.63, 3.8) is 0 Å². The summed E-state index contributed by atoms with van der Waals surface area (Å²) in [6.07, 6.45) is 1.45. The van der Waals surface area contributed by atoms with Crippen LogP contribution in [0.25, 0.3) is 6.08 Å². The third-order valence-corrected chi connectivity index (χ3v) is 5.94. The lowest BCUT2D eigenvalue weighted by Crippen LogP contribution is -2.16. The van der Waals surface area contributed by atoms with E-state index < -0.39 is 21.0 Å². The number of anilines is 1. The highest BCUT2D eigenvalue weighted by molar-refractivity contribution is 7.91. The minimum atomic E-state index is -3.61. The van der Waals surface area contributed by atoms with Crippen LogP contribution in [0.2, 0.25) is 0 Å². The van der Waals surface area contributed by atoms with Gasteiger partial charge < -0.3 is 0 Å². The predicted molar refractivity (Wildman–Crippen MR) is 95.6 cm³/mol. The number of hydrogen-bond acceptors (Lipinski definition) is 7. The summed E-state index contributed by atoms with van der Waals surface area (Å²) >= 11 is 0.749. The molecule has 9 heteroatoms. The standard InChI is InChI=1S/C16H16N4O3S2/c1-10(2)25(22,23)16-19-15(24-20-16)18-14(21)13(9-17)8-12-6-4-11(3)5-7-12/h4-8,10H,1-3H3,(H,18,19,20,21). The van der Waals surface area contributed by atoms with E-state index in [4.69, 9.17) is 0 Å². The summed E-state index contributed by atoms with van der Waals surface area (Å²) in [6.45, 7) is 4.98. The molecule has 0 unspecified atom stereocenters. The molecule has 0 aliphatic carbocycles. The van der Waals surface area contributed by atoms with Crippen molar-refractivity contribution in [2.24, 2.45) is 0 Å². The SMILES string of the molecule is Cc1ccc(C=C(C#N)C(=O)Nc2nc(S(=O)(=O)C(C)C)ns2)cc1. The fourth-order valence-electron chi connectivity index (χ4n) is 1.73. The van der Waals surface area contributed by atoms with Gasteiger partial charge in [0.15, 0.2) is 0 Å². The molecule has 1 amide bonds. The summed E-state index contributed by atoms with van der Waals surface area (Å²) in [7, 11) is -3.61. The van der Waals surface area contributed by atoms with Crippen molar-refractivity contribution in [1.82, 2.24) is 9.36 Å². The van der Waals surface area contributed by atoms with Gasteiger partial charge in [-0.25, -0.2) is 8.42 Å². The maximum atomic E-state index is 12.2. The van der Waals surface area contributed by atoms with Crippen LogP contribution in [-0.2, 0) is 14.6 Å². The zero-order chi connectivity index (χ0) is 18.6. The zero-order valence-corrected chi connectivity index (χ0v) is 15.5. The number of rotatable bonds is 5. The lowest BCUT2D eigenvalue weighted by Gasteiger charge is -2.02. The van der Waals surface area contributed by atoms with Crippen LogP contribution < -0.4 is 5.32 Å². The number of nitrogens with one attached hydrogen (secondary N) is 1. The minimum absolute atomic E-state index is 0.0225. The molecule has 1 N–H and O–H groups in total. The first kappa shape index (κ1) is 18.8. The summed E-state index contributed by atoms with van der Waals surface area (Å²) in [4.78, 5) is 16.0. The highest BCUT2D eigenvalue weighted by atomic mass is 32.2. The quantitative estimate of drug-likeness (QED) is 0.634. The fourth-order valence-corrected chi connectivity index (χ4v) is 3.43. The molecule has 0 fully saturated rings. The second-order valence-corrected chi connectivity index (χ2v) is 8.66. The first-order chi connectivity index (χ1) is 11.7. The molecule has 0 radical (unpaired) electrons. The molecule has 2 rings (SSSR count). The highest BCUT2D eigenvalue weighted by Crippen LogP contribution is 2.19. The number of benzene rings is 1. The van der Waals surface area contributed by atoms with Crippen molar-refractivity contribution in [3.8, 4) is 6.07 Å². The number of aryl methyl sites for hydroxylation is 1. The Hall–Kier alpha value is -2.57. The van der Waals surface area contributed by atoms with Crippen LogP contribution in [0.3, 0.4) is 0 Å². The summed E-state index contributed by atoms with van der Waals surface area (Å²) < 4.78 is 27.8. The van der Waals surface area contributed by atoms with Crippen LogP contribution >= 0.6 is 11.5 Å². The lowest BCUT2D eigenvalue weighted by atomic mass is 10.1. The average molecular weight is 376 g/mol. The van der Waals surface area contributed by atoms with Gasteiger partial charge in [0.1, 0.15) is 11.6 Å². The Balaban J connectivity index is 2.20. The van der Waals surface area contributed by atoms with Gasteiger partial charge in [0.05, 0.1) is 5.25 Å². The van der Waals surface area contributed by atoms with Crippen molar-refractivity contribution in [2.45, 2.75) is 31.2 Å². The van der Waals surface area contributed by atoms with E-state index in [1.54, 1.807) is 12.1 Å². The number of carbonyl (C=O) groups excluding carboxylic acids is 1. The summed E-state index contributed by atoms with van der Waals surface area (Å²) in [6, 6.07) is 9.14. The molecule has 1 aromatic carbocycles. The second-order valence-electron chi connectivity index (χ2n) is 5.51. The van der Waals surface area contributed by atoms with Gasteiger partial charge in [0.25, 0.3) is 11.1 Å². The van der Waals surface area contributed by atoms with E-state index in [1.807, 2.05) is 25.1 Å². The van der Waals surface area contributed by atoms with E-state index in [9.17, 15) is 18.5 Å². The van der Waals surface area contributed by atoms with Gasteiger partial charge in [-0.1, -0.05) is 29.8 Å². The zero-order valence-electron chi connectivity index (χ0n) is 13.8. The Morgan fingerprint density at radius 3 is 2.52 bits per heavy atom. The first-order valence-corrected chi connectivity index (χ1v) is 9.63. The molecule has 1 heterocycles. The molecule has 0 saturated heterocycles. The second kappa shape index (κ2) is 7.55. The third kappa shape index (κ3) is 4.49. The Bertz CT molecular complexity index is 952. The van der Waals surface area contributed by atoms with E-state index in [2.05, 4.69) is 14.7 Å². The van der Waals surface area contributed by atoms with Crippen LogP contribution in [0, 0.1) is 18.3 Å². The molecule has 25 heavy (non-hydrogen) atoms. The van der Waals surface area contributed by atoms with Crippen LogP contribution in [-0.4, -0.2) is 28.9 Å². The third-order valence-electron chi connectivity index (χ3n) is 3.26. The molecule has 0 aliphatic rings. The van der Waals surface area contributed by atoms with Crippen molar-refractivity contribution in [1.29, 1.82) is 5.26 Å². The Morgan fingerprint density at radius 1 is 1.32 bits per heavy atom. The molecular weight excluding hydrogens is 360 g/mol. The number of carbonyl (C=O) groups is 1. The van der Waals surface area contributed by atoms with Gasteiger partial charge in [0, 0.05) is 11.5 Å². The smallest absolute Gasteiger partial charge is 0.268 e. The number of aromatic nitrogens is 2. The molecule has 1 aromatic heterocycles. The predicted octanol–water partition coefficient (Wildman–Crippen LogP) is 2.57. The number of hydrogen-bond donors (Lipinski definition) is 1. The molecule has 0 saturated carbocycles. The molecule has 0 aliphatic heterocycles. The van der Waals surface area contributed by atoms with Gasteiger partial charge in [-0.2, -0.15) is 14.6 Å². The summed E-state index contributed by atoms with van der Waals surface area (Å²) in [5, 5.41) is 10.6. The first-order valence-electron chi connectivity index (χ1n) is 7.31. The van der Waals surface area contributed by atoms with E-state index in [1.165, 1.54) is 19.9 Å². The maximum absolute atomic E-state index is 12.2. The number of nitrogens with zero attached hydrogens (tertiary/aromatic N) is 3. The summed E-state index contributed by atoms with van der Waals surface area (Å²) in [5.41, 5.74) is 1.65. The van der Waals surface area contributed by atoms with Crippen molar-refractivity contribution in [2.75, 3.05) is 5.32 Å². The van der Waals surface area contributed by atoms with Crippen LogP contribution in [0.15, 0.2) is 35.0 Å². The molecule has 130 valence electrons. The molecule has 2 aromatic rings. The minimum Gasteiger partial charge on any atom is -0.296 e. The molecular formula is C16H16N4O3S2. The van der Waals surface area contributed by atoms with E-state index in [0.717, 1.165) is 17.1 Å². The highest BCUT2D eigenvalue weighted by Gasteiger charge is 2.25. The maximum Gasteiger partial charge on any atom is 0.268 e. The topological polar surface area (TPSA) is 113 Å². The Labute approximate surface area is 150 Å². The Morgan fingerprint density at radius 2 is 1.96 bits per heavy atom. The van der Waals surface area contributed by atoms with Gasteiger partial charge in [0.2, 0.25) is 15.0 Å². The van der Waals surface area contributed by atoms with Crippen LogP contribution in [0.5, 0.6) is 0 Å². The largest absolute Gasteiger partial charge is 0.296 e. The van der Waals surface area contributed by atoms with E-state index in [0.29, 0.717) is 5.56 Å². The normalized spacial score (nSPS) is 12.0. The molecule has 0 atom stereocenters. The van der Waals surface area contributed by atoms with Gasteiger partial charge in [-0.05, 0) is 32.4 Å². The van der Waals surface area contributed by atoms with Crippen molar-refractivity contribution < 1.29 is 13.2 Å². The fraction of sp³-hybridized carbons (Fsp3) is 0.250. The Kier molecular flexibility index (Phi) is 5.66. The van der Waals surface area contributed by atoms with E-state index >= 15 is 0 Å². The number of nitriles is 1. The van der Waals surface area contributed by atoms with Crippen LogP contribution in [0.4, 0.5) is 5.13 Å². The molecule has 7 nitrogen and oxygen atoms in total. The monoisotopic (exact) mass is 376 g/mol. The summed E-state index contributed by atoms with van der Waals surface area (Å²) in [5.74, 6) is -0.673. The number of amides is 1. The van der Waals surface area contributed by atoms with Gasteiger partial charge >= 0.3 is 0 Å². The molecule has 0 bridgehead atoms. The number of sulfone groups is 1.